The van der Waals surface area contributed by atoms with Crippen LogP contribution in [0.1, 0.15) is 16.8 Å². The maximum absolute atomic E-state index is 6.23. The summed E-state index contributed by atoms with van der Waals surface area (Å²) in [5.74, 6) is 0.733. The van der Waals surface area contributed by atoms with Gasteiger partial charge in [0.2, 0.25) is 0 Å². The van der Waals surface area contributed by atoms with Crippen molar-refractivity contribution < 1.29 is 0 Å². The lowest BCUT2D eigenvalue weighted by atomic mass is 10.1. The van der Waals surface area contributed by atoms with E-state index in [1.54, 1.807) is 0 Å². The molecule has 29 heavy (non-hydrogen) atoms. The second-order valence-electron chi connectivity index (χ2n) is 7.03. The van der Waals surface area contributed by atoms with Gasteiger partial charge in [0.15, 0.2) is 11.5 Å². The van der Waals surface area contributed by atoms with Crippen molar-refractivity contribution in [2.75, 3.05) is 5.32 Å². The smallest absolute Gasteiger partial charge is 0.153 e. The van der Waals surface area contributed by atoms with E-state index >= 15 is 0 Å². The van der Waals surface area contributed by atoms with Crippen molar-refractivity contribution in [2.24, 2.45) is 0 Å². The quantitative estimate of drug-likeness (QED) is 0.429. The van der Waals surface area contributed by atoms with E-state index in [4.69, 9.17) is 16.7 Å². The number of fused-ring (bicyclic) bond motifs is 2. The number of anilines is 2. The molecule has 0 aliphatic carbocycles. The molecule has 0 radical (unpaired) electrons. The van der Waals surface area contributed by atoms with Crippen molar-refractivity contribution in [3.63, 3.8) is 0 Å². The molecule has 0 bridgehead atoms. The molecule has 2 aromatic carbocycles. The van der Waals surface area contributed by atoms with Gasteiger partial charge in [0.05, 0.1) is 17.4 Å². The number of pyridine rings is 1. The number of nitrogens with zero attached hydrogens (tertiary/aromatic N) is 4. The number of hydrogen-bond donors (Lipinski definition) is 1. The molecule has 142 valence electrons. The summed E-state index contributed by atoms with van der Waals surface area (Å²) in [6, 6.07) is 20.1. The molecule has 0 saturated heterocycles. The van der Waals surface area contributed by atoms with Crippen molar-refractivity contribution in [3.05, 3.63) is 94.9 Å². The molecule has 3 aromatic heterocycles. The summed E-state index contributed by atoms with van der Waals surface area (Å²) in [7, 11) is 0. The molecule has 0 unspecified atom stereocenters. The van der Waals surface area contributed by atoms with Gasteiger partial charge >= 0.3 is 0 Å². The van der Waals surface area contributed by atoms with Gasteiger partial charge in [-0.05, 0) is 54.4 Å². The Bertz CT molecular complexity index is 1340. The average Bonchev–Trinajstić information content (AvgIpc) is 3.13. The van der Waals surface area contributed by atoms with Crippen LogP contribution in [0.3, 0.4) is 0 Å². The Labute approximate surface area is 173 Å². The summed E-state index contributed by atoms with van der Waals surface area (Å²) in [6.45, 7) is 1.98. The maximum Gasteiger partial charge on any atom is 0.153 e. The summed E-state index contributed by atoms with van der Waals surface area (Å²) in [4.78, 5) is 8.94. The predicted octanol–water partition coefficient (Wildman–Crippen LogP) is 5.57. The lowest BCUT2D eigenvalue weighted by Gasteiger charge is -2.09. The van der Waals surface area contributed by atoms with Crippen LogP contribution in [0.25, 0.3) is 16.6 Å². The van der Waals surface area contributed by atoms with E-state index in [2.05, 4.69) is 39.6 Å². The first-order valence-electron chi connectivity index (χ1n) is 9.36. The molecule has 5 nitrogen and oxygen atoms in total. The van der Waals surface area contributed by atoms with Crippen molar-refractivity contribution in [3.8, 4) is 0 Å². The lowest BCUT2D eigenvalue weighted by molar-refractivity contribution is 0.876. The van der Waals surface area contributed by atoms with Crippen LogP contribution in [0.15, 0.2) is 73.1 Å². The van der Waals surface area contributed by atoms with Gasteiger partial charge in [-0.1, -0.05) is 35.9 Å². The van der Waals surface area contributed by atoms with E-state index in [1.165, 1.54) is 5.56 Å². The van der Waals surface area contributed by atoms with Gasteiger partial charge in [-0.15, -0.1) is 5.10 Å². The molecule has 5 rings (SSSR count). The predicted molar refractivity (Wildman–Crippen MR) is 117 cm³/mol. The summed E-state index contributed by atoms with van der Waals surface area (Å²) < 4.78 is 1.88. The minimum absolute atomic E-state index is 0.723. The SMILES string of the molecule is Cc1ccc(Nc2ccc3ncc(Cc4ccc5cccnc5c4)n3n2)cc1Cl. The Morgan fingerprint density at radius 2 is 1.93 bits per heavy atom. The summed E-state index contributed by atoms with van der Waals surface area (Å²) in [5, 5.41) is 9.90. The average molecular weight is 400 g/mol. The van der Waals surface area contributed by atoms with Gasteiger partial charge in [-0.25, -0.2) is 9.50 Å². The highest BCUT2D eigenvalue weighted by Crippen LogP contribution is 2.23. The first-order chi connectivity index (χ1) is 14.2. The number of aromatic nitrogens is 4. The zero-order valence-electron chi connectivity index (χ0n) is 15.8. The molecular weight excluding hydrogens is 382 g/mol. The van der Waals surface area contributed by atoms with E-state index < -0.39 is 0 Å². The van der Waals surface area contributed by atoms with Crippen molar-refractivity contribution >= 4 is 39.7 Å². The largest absolute Gasteiger partial charge is 0.339 e. The third-order valence-corrected chi connectivity index (χ3v) is 5.34. The summed E-state index contributed by atoms with van der Waals surface area (Å²) in [5.41, 5.74) is 5.93. The highest BCUT2D eigenvalue weighted by atomic mass is 35.5. The van der Waals surface area contributed by atoms with Crippen LogP contribution in [-0.2, 0) is 6.42 Å². The first-order valence-corrected chi connectivity index (χ1v) is 9.74. The lowest BCUT2D eigenvalue weighted by Crippen LogP contribution is -2.02. The van der Waals surface area contributed by atoms with E-state index in [9.17, 15) is 0 Å². The third kappa shape index (κ3) is 3.52. The first kappa shape index (κ1) is 17.6. The standard InChI is InChI=1S/C23H18ClN5/c1-15-4-7-18(13-20(15)24)27-22-8-9-23-26-14-19(29(23)28-22)11-16-5-6-17-3-2-10-25-21(17)12-16/h2-10,12-14H,11H2,1H3,(H,27,28). The second-order valence-corrected chi connectivity index (χ2v) is 7.44. The zero-order valence-corrected chi connectivity index (χ0v) is 16.6. The Morgan fingerprint density at radius 3 is 2.83 bits per heavy atom. The van der Waals surface area contributed by atoms with E-state index in [-0.39, 0.29) is 0 Å². The number of imidazole rings is 1. The fourth-order valence-corrected chi connectivity index (χ4v) is 3.54. The summed E-state index contributed by atoms with van der Waals surface area (Å²) in [6.07, 6.45) is 4.41. The normalized spacial score (nSPS) is 11.2. The highest BCUT2D eigenvalue weighted by Gasteiger charge is 2.08. The molecule has 0 aliphatic rings. The van der Waals surface area contributed by atoms with Crippen LogP contribution in [0, 0.1) is 6.92 Å². The van der Waals surface area contributed by atoms with Gasteiger partial charge in [0, 0.05) is 28.7 Å². The Kier molecular flexibility index (Phi) is 4.37. The van der Waals surface area contributed by atoms with Gasteiger partial charge in [-0.3, -0.25) is 4.98 Å². The van der Waals surface area contributed by atoms with Gasteiger partial charge in [0.1, 0.15) is 0 Å². The molecule has 0 saturated carbocycles. The van der Waals surface area contributed by atoms with Gasteiger partial charge < -0.3 is 5.32 Å². The van der Waals surface area contributed by atoms with E-state index in [0.717, 1.165) is 50.8 Å². The van der Waals surface area contributed by atoms with Gasteiger partial charge in [0.25, 0.3) is 0 Å². The summed E-state index contributed by atoms with van der Waals surface area (Å²) >= 11 is 6.23. The fourth-order valence-electron chi connectivity index (χ4n) is 3.36. The Balaban J connectivity index is 1.46. The molecule has 0 fully saturated rings. The monoisotopic (exact) mass is 399 g/mol. The van der Waals surface area contributed by atoms with Crippen LogP contribution in [-0.4, -0.2) is 19.6 Å². The molecule has 0 amide bonds. The van der Waals surface area contributed by atoms with Crippen molar-refractivity contribution in [1.82, 2.24) is 19.6 Å². The second kappa shape index (κ2) is 7.18. The molecule has 6 heteroatoms. The zero-order chi connectivity index (χ0) is 19.8. The highest BCUT2D eigenvalue weighted by molar-refractivity contribution is 6.31. The molecule has 1 N–H and O–H groups in total. The van der Waals surface area contributed by atoms with Crippen molar-refractivity contribution in [2.45, 2.75) is 13.3 Å². The van der Waals surface area contributed by atoms with Crippen LogP contribution < -0.4 is 5.32 Å². The van der Waals surface area contributed by atoms with Crippen LogP contribution >= 0.6 is 11.6 Å². The van der Waals surface area contributed by atoms with E-state index in [0.29, 0.717) is 0 Å². The van der Waals surface area contributed by atoms with Crippen LogP contribution in [0.2, 0.25) is 5.02 Å². The fraction of sp³-hybridized carbons (Fsp3) is 0.0870. The number of rotatable bonds is 4. The minimum atomic E-state index is 0.723. The molecule has 3 heterocycles. The molecular formula is C23H18ClN5. The molecule has 5 aromatic rings. The van der Waals surface area contributed by atoms with Crippen LogP contribution in [0.5, 0.6) is 0 Å². The number of aryl methyl sites for hydroxylation is 1. The Hall–Kier alpha value is -3.44. The maximum atomic E-state index is 6.23. The number of hydrogen-bond acceptors (Lipinski definition) is 4. The van der Waals surface area contributed by atoms with E-state index in [1.807, 2.05) is 60.2 Å². The van der Waals surface area contributed by atoms with Crippen molar-refractivity contribution in [1.29, 1.82) is 0 Å². The molecule has 0 aliphatic heterocycles. The number of halogens is 1. The third-order valence-electron chi connectivity index (χ3n) is 4.93. The van der Waals surface area contributed by atoms with Gasteiger partial charge in [-0.2, -0.15) is 0 Å². The number of benzene rings is 2. The van der Waals surface area contributed by atoms with Crippen LogP contribution in [0.4, 0.5) is 11.5 Å². The minimum Gasteiger partial charge on any atom is -0.339 e. The molecule has 0 spiro atoms. The molecule has 0 atom stereocenters. The Morgan fingerprint density at radius 1 is 1.00 bits per heavy atom. The topological polar surface area (TPSA) is 55.1 Å². The number of nitrogens with one attached hydrogen (secondary N) is 1.